The van der Waals surface area contributed by atoms with Crippen molar-refractivity contribution in [3.63, 3.8) is 0 Å². The van der Waals surface area contributed by atoms with E-state index in [4.69, 9.17) is 21.1 Å². The number of pyridine rings is 1. The number of hydrogen-bond acceptors (Lipinski definition) is 4. The minimum absolute atomic E-state index is 0.339. The van der Waals surface area contributed by atoms with Crippen LogP contribution in [0.3, 0.4) is 0 Å². The van der Waals surface area contributed by atoms with E-state index in [9.17, 15) is 18.0 Å². The molecular weight excluding hydrogens is 419 g/mol. The largest absolute Gasteiger partial charge is 0.456 e. The molecule has 1 aromatic heterocycles. The molecule has 8 heteroatoms. The normalized spacial score (nSPS) is 21.6. The number of carbonyl (C=O) groups excluding carboxylic acids is 1. The van der Waals surface area contributed by atoms with Crippen LogP contribution in [0.15, 0.2) is 59.6 Å². The second-order valence-corrected chi connectivity index (χ2v) is 8.14. The van der Waals surface area contributed by atoms with Gasteiger partial charge in [0.1, 0.15) is 16.9 Å². The molecule has 0 amide bonds. The summed E-state index contributed by atoms with van der Waals surface area (Å²) in [7, 11) is 0. The van der Waals surface area contributed by atoms with E-state index in [2.05, 4.69) is 4.98 Å². The highest BCUT2D eigenvalue weighted by molar-refractivity contribution is 6.30. The molecule has 1 unspecified atom stereocenters. The van der Waals surface area contributed by atoms with Gasteiger partial charge >= 0.3 is 12.1 Å². The SMILES string of the molecule is CC(OC(=O)[C@H]1[C@H](/C=C(\Cl)C(F)(F)F)C1(C)C)c1cccc(Oc2ccccc2)n1. The Hall–Kier alpha value is -2.54. The van der Waals surface area contributed by atoms with Crippen molar-refractivity contribution in [2.45, 2.75) is 33.1 Å². The zero-order chi connectivity index (χ0) is 22.1. The molecule has 4 nitrogen and oxygen atoms in total. The summed E-state index contributed by atoms with van der Waals surface area (Å²) in [5.74, 6) is -0.989. The lowest BCUT2D eigenvalue weighted by Crippen LogP contribution is -2.14. The second kappa shape index (κ2) is 8.30. The van der Waals surface area contributed by atoms with Gasteiger partial charge in [0, 0.05) is 6.07 Å². The Morgan fingerprint density at radius 3 is 2.47 bits per heavy atom. The number of carbonyl (C=O) groups is 1. The zero-order valence-electron chi connectivity index (χ0n) is 16.6. The number of halogens is 4. The highest BCUT2D eigenvalue weighted by Crippen LogP contribution is 2.60. The fraction of sp³-hybridized carbons (Fsp3) is 0.364. The first-order valence-electron chi connectivity index (χ1n) is 9.35. The van der Waals surface area contributed by atoms with E-state index in [1.807, 2.05) is 18.2 Å². The number of rotatable bonds is 6. The number of hydrogen-bond donors (Lipinski definition) is 0. The maximum absolute atomic E-state index is 12.7. The van der Waals surface area contributed by atoms with E-state index < -0.39 is 40.5 Å². The predicted octanol–water partition coefficient (Wildman–Crippen LogP) is 6.44. The molecule has 0 aliphatic heterocycles. The quantitative estimate of drug-likeness (QED) is 0.486. The highest BCUT2D eigenvalue weighted by Gasteiger charge is 2.62. The predicted molar refractivity (Wildman–Crippen MR) is 106 cm³/mol. The molecule has 0 spiro atoms. The van der Waals surface area contributed by atoms with Gasteiger partial charge in [0.05, 0.1) is 11.6 Å². The summed E-state index contributed by atoms with van der Waals surface area (Å²) in [5, 5.41) is -1.23. The lowest BCUT2D eigenvalue weighted by molar-refractivity contribution is -0.151. The van der Waals surface area contributed by atoms with Crippen LogP contribution >= 0.6 is 11.6 Å². The van der Waals surface area contributed by atoms with Crippen LogP contribution in [-0.4, -0.2) is 17.1 Å². The molecule has 1 saturated carbocycles. The molecule has 1 fully saturated rings. The molecular formula is C22H21ClF3NO3. The van der Waals surface area contributed by atoms with Crippen molar-refractivity contribution in [3.8, 4) is 11.6 Å². The lowest BCUT2D eigenvalue weighted by Gasteiger charge is -2.14. The van der Waals surface area contributed by atoms with Gasteiger partial charge in [0.15, 0.2) is 0 Å². The van der Waals surface area contributed by atoms with E-state index in [0.29, 0.717) is 17.3 Å². The highest BCUT2D eigenvalue weighted by atomic mass is 35.5. The first-order valence-corrected chi connectivity index (χ1v) is 9.73. The maximum atomic E-state index is 12.7. The lowest BCUT2D eigenvalue weighted by atomic mass is 10.1. The minimum atomic E-state index is -4.63. The Balaban J connectivity index is 1.67. The number of allylic oxidation sites excluding steroid dienone is 2. The van der Waals surface area contributed by atoms with Crippen molar-refractivity contribution >= 4 is 17.6 Å². The molecule has 2 aromatic rings. The van der Waals surface area contributed by atoms with Gasteiger partial charge in [-0.2, -0.15) is 13.2 Å². The number of aromatic nitrogens is 1. The van der Waals surface area contributed by atoms with E-state index in [-0.39, 0.29) is 0 Å². The van der Waals surface area contributed by atoms with Crippen molar-refractivity contribution in [3.05, 3.63) is 65.3 Å². The third-order valence-electron chi connectivity index (χ3n) is 5.18. The smallest absolute Gasteiger partial charge is 0.426 e. The van der Waals surface area contributed by atoms with Gasteiger partial charge in [-0.15, -0.1) is 0 Å². The van der Waals surface area contributed by atoms with Gasteiger partial charge in [-0.1, -0.05) is 55.8 Å². The molecule has 1 aliphatic carbocycles. The average molecular weight is 440 g/mol. The summed E-state index contributed by atoms with van der Waals surface area (Å²) in [6.07, 6.45) is -4.44. The Morgan fingerprint density at radius 2 is 1.83 bits per heavy atom. The molecule has 0 bridgehead atoms. The van der Waals surface area contributed by atoms with Crippen LogP contribution in [0.5, 0.6) is 11.6 Å². The first-order chi connectivity index (χ1) is 14.0. The Bertz CT molecular complexity index is 944. The van der Waals surface area contributed by atoms with Crippen molar-refractivity contribution in [2.24, 2.45) is 17.3 Å². The van der Waals surface area contributed by atoms with E-state index in [1.165, 1.54) is 0 Å². The van der Waals surface area contributed by atoms with Gasteiger partial charge < -0.3 is 9.47 Å². The Morgan fingerprint density at radius 1 is 1.17 bits per heavy atom. The molecule has 0 saturated heterocycles. The molecule has 3 rings (SSSR count). The number of benzene rings is 1. The summed E-state index contributed by atoms with van der Waals surface area (Å²) in [4.78, 5) is 16.9. The van der Waals surface area contributed by atoms with Gasteiger partial charge in [0.2, 0.25) is 5.88 Å². The fourth-order valence-corrected chi connectivity index (χ4v) is 3.46. The number of alkyl halides is 3. The Kier molecular flexibility index (Phi) is 6.13. The van der Waals surface area contributed by atoms with Gasteiger partial charge in [0.25, 0.3) is 0 Å². The number of ether oxygens (including phenoxy) is 2. The molecule has 0 radical (unpaired) electrons. The van der Waals surface area contributed by atoms with Crippen LogP contribution in [0.25, 0.3) is 0 Å². The average Bonchev–Trinajstić information content (AvgIpc) is 3.22. The maximum Gasteiger partial charge on any atom is 0.426 e. The summed E-state index contributed by atoms with van der Waals surface area (Å²) < 4.78 is 49.3. The van der Waals surface area contributed by atoms with Gasteiger partial charge in [-0.25, -0.2) is 4.98 Å². The van der Waals surface area contributed by atoms with E-state index in [1.54, 1.807) is 51.1 Å². The molecule has 1 aliphatic rings. The van der Waals surface area contributed by atoms with Crippen LogP contribution in [0, 0.1) is 17.3 Å². The molecule has 30 heavy (non-hydrogen) atoms. The first kappa shape index (κ1) is 22.2. The molecule has 1 aromatic carbocycles. The molecule has 1 heterocycles. The van der Waals surface area contributed by atoms with Gasteiger partial charge in [-0.05, 0) is 36.5 Å². The van der Waals surface area contributed by atoms with Crippen molar-refractivity contribution in [1.29, 1.82) is 0 Å². The van der Waals surface area contributed by atoms with Crippen molar-refractivity contribution < 1.29 is 27.4 Å². The molecule has 160 valence electrons. The van der Waals surface area contributed by atoms with Crippen LogP contribution in [0.2, 0.25) is 0 Å². The fourth-order valence-electron chi connectivity index (χ4n) is 3.32. The summed E-state index contributed by atoms with van der Waals surface area (Å²) in [5.41, 5.74) is -0.205. The standard InChI is InChI=1S/C22H21ClF3NO3/c1-13(16-10-7-11-18(27-16)30-14-8-5-4-6-9-14)29-20(28)19-15(21(19,2)3)12-17(23)22(24,25)26/h4-13,15,19H,1-3H3/b17-12-/t13?,15-,19+/m0/s1. The monoisotopic (exact) mass is 439 g/mol. The topological polar surface area (TPSA) is 48.4 Å². The van der Waals surface area contributed by atoms with Crippen LogP contribution in [-0.2, 0) is 9.53 Å². The summed E-state index contributed by atoms with van der Waals surface area (Å²) in [6.45, 7) is 5.06. The number of para-hydroxylation sites is 1. The third kappa shape index (κ3) is 4.95. The van der Waals surface area contributed by atoms with E-state index >= 15 is 0 Å². The summed E-state index contributed by atoms with van der Waals surface area (Å²) >= 11 is 5.33. The minimum Gasteiger partial charge on any atom is -0.456 e. The van der Waals surface area contributed by atoms with E-state index in [0.717, 1.165) is 6.08 Å². The van der Waals surface area contributed by atoms with Crippen molar-refractivity contribution in [1.82, 2.24) is 4.98 Å². The van der Waals surface area contributed by atoms with Crippen LogP contribution in [0.4, 0.5) is 13.2 Å². The van der Waals surface area contributed by atoms with Crippen molar-refractivity contribution in [2.75, 3.05) is 0 Å². The molecule has 3 atom stereocenters. The van der Waals surface area contributed by atoms with Gasteiger partial charge in [-0.3, -0.25) is 4.79 Å². The van der Waals surface area contributed by atoms with Crippen LogP contribution in [0.1, 0.15) is 32.6 Å². The van der Waals surface area contributed by atoms with Crippen LogP contribution < -0.4 is 4.74 Å². The summed E-state index contributed by atoms with van der Waals surface area (Å²) in [6, 6.07) is 14.2. The second-order valence-electron chi connectivity index (χ2n) is 7.73. The number of nitrogens with zero attached hydrogens (tertiary/aromatic N) is 1. The zero-order valence-corrected chi connectivity index (χ0v) is 17.4. The molecule has 0 N–H and O–H groups in total. The Labute approximate surface area is 177 Å². The number of esters is 1. The third-order valence-corrected chi connectivity index (χ3v) is 5.52.